The van der Waals surface area contributed by atoms with Gasteiger partial charge in [-0.15, -0.1) is 0 Å². The number of likely N-dealkylation sites (tertiary alicyclic amines) is 1. The predicted octanol–water partition coefficient (Wildman–Crippen LogP) is 4.04. The van der Waals surface area contributed by atoms with Crippen LogP contribution in [0.5, 0.6) is 0 Å². The fourth-order valence-electron chi connectivity index (χ4n) is 4.06. The van der Waals surface area contributed by atoms with Crippen LogP contribution in [0.3, 0.4) is 0 Å². The molecule has 4 rings (SSSR count). The van der Waals surface area contributed by atoms with E-state index in [1.165, 1.54) is 5.56 Å². The summed E-state index contributed by atoms with van der Waals surface area (Å²) in [6, 6.07) is 18.0. The number of nitrogens with one attached hydrogen (secondary N) is 2. The van der Waals surface area contributed by atoms with Gasteiger partial charge in [0.2, 0.25) is 5.91 Å². The highest BCUT2D eigenvalue weighted by molar-refractivity contribution is 5.98. The van der Waals surface area contributed by atoms with Crippen LogP contribution in [-0.2, 0) is 11.3 Å². The van der Waals surface area contributed by atoms with Crippen molar-refractivity contribution in [2.45, 2.75) is 32.7 Å². The molecule has 0 aliphatic carbocycles. The molecule has 2 N–H and O–H groups in total. The van der Waals surface area contributed by atoms with Crippen molar-refractivity contribution in [1.29, 1.82) is 0 Å². The van der Waals surface area contributed by atoms with E-state index in [0.29, 0.717) is 37.7 Å². The molecular weight excluding hydrogens is 362 g/mol. The Morgan fingerprint density at radius 2 is 1.86 bits per heavy atom. The number of hydrogen-bond donors (Lipinski definition) is 2. The summed E-state index contributed by atoms with van der Waals surface area (Å²) in [5.41, 5.74) is 3.94. The zero-order valence-corrected chi connectivity index (χ0v) is 16.8. The molecule has 5 nitrogen and oxygen atoms in total. The van der Waals surface area contributed by atoms with E-state index in [1.807, 2.05) is 47.4 Å². The molecule has 5 heteroatoms. The Balaban J connectivity index is 1.25. The number of carbonyl (C=O) groups excluding carboxylic acids is 2. The third-order valence-corrected chi connectivity index (χ3v) is 5.71. The number of aryl methyl sites for hydroxylation is 1. The second-order valence-corrected chi connectivity index (χ2v) is 7.98. The van der Waals surface area contributed by atoms with Crippen LogP contribution in [0.4, 0.5) is 0 Å². The highest BCUT2D eigenvalue weighted by Gasteiger charge is 2.25. The van der Waals surface area contributed by atoms with Gasteiger partial charge in [0, 0.05) is 37.0 Å². The maximum absolute atomic E-state index is 12.8. The van der Waals surface area contributed by atoms with E-state index in [4.69, 9.17) is 0 Å². The summed E-state index contributed by atoms with van der Waals surface area (Å²) in [7, 11) is 0. The van der Waals surface area contributed by atoms with Crippen LogP contribution in [0.1, 0.15) is 40.9 Å². The molecule has 150 valence electrons. The van der Waals surface area contributed by atoms with Crippen LogP contribution >= 0.6 is 0 Å². The van der Waals surface area contributed by atoms with Gasteiger partial charge in [0.1, 0.15) is 5.69 Å². The lowest BCUT2D eigenvalue weighted by molar-refractivity contribution is -0.122. The summed E-state index contributed by atoms with van der Waals surface area (Å²) in [5.74, 6) is 0.467. The molecule has 29 heavy (non-hydrogen) atoms. The van der Waals surface area contributed by atoms with Gasteiger partial charge in [-0.25, -0.2) is 0 Å². The standard InChI is InChI=1S/C24H27N3O2/c1-17-5-4-6-19(13-17)16-25-23(28)14-18-9-11-27(12-10-18)24(29)22-15-20-7-2-3-8-21(20)26-22/h2-8,13,15,18,26H,9-12,14,16H2,1H3,(H,25,28). The summed E-state index contributed by atoms with van der Waals surface area (Å²) in [5, 5.41) is 4.08. The van der Waals surface area contributed by atoms with Gasteiger partial charge in [-0.05, 0) is 43.4 Å². The minimum Gasteiger partial charge on any atom is -0.352 e. The number of carbonyl (C=O) groups is 2. The van der Waals surface area contributed by atoms with Crippen molar-refractivity contribution in [3.63, 3.8) is 0 Å². The molecule has 0 saturated carbocycles. The van der Waals surface area contributed by atoms with Crippen LogP contribution in [0.25, 0.3) is 10.9 Å². The van der Waals surface area contributed by atoms with E-state index >= 15 is 0 Å². The third-order valence-electron chi connectivity index (χ3n) is 5.71. The molecule has 1 saturated heterocycles. The zero-order valence-electron chi connectivity index (χ0n) is 16.8. The molecule has 2 aromatic carbocycles. The van der Waals surface area contributed by atoms with Crippen LogP contribution in [0.15, 0.2) is 54.6 Å². The van der Waals surface area contributed by atoms with Gasteiger partial charge in [0.05, 0.1) is 0 Å². The smallest absolute Gasteiger partial charge is 0.270 e. The number of amides is 2. The normalized spacial score (nSPS) is 14.9. The molecule has 0 atom stereocenters. The molecular formula is C24H27N3O2. The van der Waals surface area contributed by atoms with Crippen LogP contribution in [0.2, 0.25) is 0 Å². The number of hydrogen-bond acceptors (Lipinski definition) is 2. The van der Waals surface area contributed by atoms with Crippen LogP contribution < -0.4 is 5.32 Å². The zero-order chi connectivity index (χ0) is 20.2. The molecule has 1 aliphatic rings. The van der Waals surface area contributed by atoms with Crippen molar-refractivity contribution >= 4 is 22.7 Å². The molecule has 0 radical (unpaired) electrons. The van der Waals surface area contributed by atoms with Gasteiger partial charge in [0.25, 0.3) is 5.91 Å². The average molecular weight is 389 g/mol. The molecule has 3 aromatic rings. The molecule has 1 fully saturated rings. The Bertz CT molecular complexity index is 983. The van der Waals surface area contributed by atoms with Gasteiger partial charge in [0.15, 0.2) is 0 Å². The molecule has 0 unspecified atom stereocenters. The summed E-state index contributed by atoms with van der Waals surface area (Å²) < 4.78 is 0. The van der Waals surface area contributed by atoms with Crippen molar-refractivity contribution in [2.24, 2.45) is 5.92 Å². The van der Waals surface area contributed by atoms with Crippen molar-refractivity contribution in [3.05, 3.63) is 71.4 Å². The van der Waals surface area contributed by atoms with Crippen molar-refractivity contribution in [2.75, 3.05) is 13.1 Å². The van der Waals surface area contributed by atoms with Gasteiger partial charge in [-0.3, -0.25) is 9.59 Å². The number of aromatic amines is 1. The first-order chi connectivity index (χ1) is 14.1. The number of benzene rings is 2. The monoisotopic (exact) mass is 389 g/mol. The number of rotatable bonds is 5. The first-order valence-electron chi connectivity index (χ1n) is 10.3. The summed E-state index contributed by atoms with van der Waals surface area (Å²) in [6.45, 7) is 4.02. The number of para-hydroxylation sites is 1. The number of piperidine rings is 1. The van der Waals surface area contributed by atoms with Crippen molar-refractivity contribution in [1.82, 2.24) is 15.2 Å². The van der Waals surface area contributed by atoms with Crippen LogP contribution in [0, 0.1) is 12.8 Å². The number of nitrogens with zero attached hydrogens (tertiary/aromatic N) is 1. The fourth-order valence-corrected chi connectivity index (χ4v) is 4.06. The lowest BCUT2D eigenvalue weighted by atomic mass is 9.93. The Morgan fingerprint density at radius 1 is 1.07 bits per heavy atom. The average Bonchev–Trinajstić information content (AvgIpc) is 3.17. The number of aromatic nitrogens is 1. The number of fused-ring (bicyclic) bond motifs is 1. The highest BCUT2D eigenvalue weighted by Crippen LogP contribution is 2.23. The van der Waals surface area contributed by atoms with E-state index in [2.05, 4.69) is 29.4 Å². The number of H-pyrrole nitrogens is 1. The highest BCUT2D eigenvalue weighted by atomic mass is 16.2. The van der Waals surface area contributed by atoms with Crippen LogP contribution in [-0.4, -0.2) is 34.8 Å². The van der Waals surface area contributed by atoms with Gasteiger partial charge in [-0.2, -0.15) is 0 Å². The Morgan fingerprint density at radius 3 is 2.62 bits per heavy atom. The van der Waals surface area contributed by atoms with Crippen molar-refractivity contribution < 1.29 is 9.59 Å². The summed E-state index contributed by atoms with van der Waals surface area (Å²) in [6.07, 6.45) is 2.26. The van der Waals surface area contributed by atoms with Gasteiger partial charge in [-0.1, -0.05) is 48.0 Å². The summed E-state index contributed by atoms with van der Waals surface area (Å²) in [4.78, 5) is 30.2. The Labute approximate surface area is 171 Å². The van der Waals surface area contributed by atoms with E-state index in [1.54, 1.807) is 0 Å². The molecule has 0 spiro atoms. The van der Waals surface area contributed by atoms with Gasteiger partial charge >= 0.3 is 0 Å². The van der Waals surface area contributed by atoms with Gasteiger partial charge < -0.3 is 15.2 Å². The molecule has 0 bridgehead atoms. The first-order valence-corrected chi connectivity index (χ1v) is 10.3. The minimum atomic E-state index is 0.0450. The molecule has 2 heterocycles. The van der Waals surface area contributed by atoms with E-state index in [-0.39, 0.29) is 11.8 Å². The quantitative estimate of drug-likeness (QED) is 0.692. The van der Waals surface area contributed by atoms with E-state index in [0.717, 1.165) is 29.3 Å². The Kier molecular flexibility index (Phi) is 5.65. The lowest BCUT2D eigenvalue weighted by Gasteiger charge is -2.31. The first kappa shape index (κ1) is 19.2. The third kappa shape index (κ3) is 4.67. The maximum Gasteiger partial charge on any atom is 0.270 e. The second-order valence-electron chi connectivity index (χ2n) is 7.98. The van der Waals surface area contributed by atoms with Crippen molar-refractivity contribution in [3.8, 4) is 0 Å². The summed E-state index contributed by atoms with van der Waals surface area (Å²) >= 11 is 0. The minimum absolute atomic E-state index is 0.0450. The molecule has 1 aliphatic heterocycles. The maximum atomic E-state index is 12.8. The lowest BCUT2D eigenvalue weighted by Crippen LogP contribution is -2.39. The topological polar surface area (TPSA) is 65.2 Å². The fraction of sp³-hybridized carbons (Fsp3) is 0.333. The predicted molar refractivity (Wildman–Crippen MR) is 115 cm³/mol. The molecule has 2 amide bonds. The largest absolute Gasteiger partial charge is 0.352 e. The molecule has 1 aromatic heterocycles. The van der Waals surface area contributed by atoms with E-state index < -0.39 is 0 Å². The Hall–Kier alpha value is -3.08. The van der Waals surface area contributed by atoms with E-state index in [9.17, 15) is 9.59 Å². The second kappa shape index (κ2) is 8.52. The SMILES string of the molecule is Cc1cccc(CNC(=O)CC2CCN(C(=O)c3cc4ccccc4[nH]3)CC2)c1.